The number of aliphatic hydroxyl groups excluding tert-OH is 7. The van der Waals surface area contributed by atoms with E-state index in [0.717, 1.165) is 32.1 Å². The van der Waals surface area contributed by atoms with Gasteiger partial charge in [-0.25, -0.2) is 0 Å². The quantitative estimate of drug-likeness (QED) is 0.0333. The van der Waals surface area contributed by atoms with Crippen LogP contribution >= 0.6 is 0 Å². The van der Waals surface area contributed by atoms with Crippen LogP contribution in [0.1, 0.15) is 168 Å². The Morgan fingerprint density at radius 1 is 0.509 bits per heavy atom. The summed E-state index contributed by atoms with van der Waals surface area (Å²) in [4.78, 5) is 12.6. The second kappa shape index (κ2) is 32.7. The lowest BCUT2D eigenvalue weighted by atomic mass is 9.98. The summed E-state index contributed by atoms with van der Waals surface area (Å²) in [6, 6.07) is 0. The molecule has 2 aliphatic rings. The van der Waals surface area contributed by atoms with Crippen molar-refractivity contribution in [1.82, 2.24) is 0 Å². The Labute approximate surface area is 342 Å². The summed E-state index contributed by atoms with van der Waals surface area (Å²) < 4.78 is 33.8. The van der Waals surface area contributed by atoms with E-state index in [2.05, 4.69) is 6.92 Å². The molecule has 11 atom stereocenters. The van der Waals surface area contributed by atoms with Gasteiger partial charge in [0.25, 0.3) is 0 Å². The van der Waals surface area contributed by atoms with Gasteiger partial charge in [0.05, 0.1) is 26.4 Å². The van der Waals surface area contributed by atoms with E-state index < -0.39 is 86.7 Å². The largest absolute Gasteiger partial charge is 0.457 e. The Balaban J connectivity index is 1.64. The van der Waals surface area contributed by atoms with Gasteiger partial charge in [-0.05, 0) is 12.8 Å². The van der Waals surface area contributed by atoms with E-state index in [4.69, 9.17) is 28.4 Å². The van der Waals surface area contributed by atoms with Gasteiger partial charge >= 0.3 is 5.97 Å². The van der Waals surface area contributed by atoms with E-state index in [-0.39, 0.29) is 19.6 Å². The van der Waals surface area contributed by atoms with Crippen LogP contribution in [0.25, 0.3) is 0 Å². The first-order valence-corrected chi connectivity index (χ1v) is 22.6. The van der Waals surface area contributed by atoms with E-state index in [9.17, 15) is 40.5 Å². The number of unbranched alkanes of at least 4 members (excludes halogenated alkanes) is 21. The van der Waals surface area contributed by atoms with Crippen LogP contribution in [-0.4, -0.2) is 142 Å². The van der Waals surface area contributed by atoms with Crippen LogP contribution in [-0.2, 0) is 33.2 Å². The summed E-state index contributed by atoms with van der Waals surface area (Å²) in [6.07, 6.45) is 12.8. The normalized spacial score (nSPS) is 28.4. The first kappa shape index (κ1) is 52.1. The Morgan fingerprint density at radius 3 is 1.42 bits per heavy atom. The fourth-order valence-electron chi connectivity index (χ4n) is 7.34. The van der Waals surface area contributed by atoms with Gasteiger partial charge in [0.2, 0.25) is 0 Å². The molecule has 0 aromatic rings. The monoisotopic (exact) mass is 823 g/mol. The number of hydrogen-bond acceptors (Lipinski definition) is 14. The van der Waals surface area contributed by atoms with Crippen LogP contribution in [0.5, 0.6) is 0 Å². The molecule has 0 amide bonds. The molecule has 11 unspecified atom stereocenters. The van der Waals surface area contributed by atoms with Crippen molar-refractivity contribution in [2.75, 3.05) is 33.0 Å². The van der Waals surface area contributed by atoms with Crippen molar-refractivity contribution in [1.29, 1.82) is 0 Å². The zero-order valence-corrected chi connectivity index (χ0v) is 35.3. The fraction of sp³-hybridized carbons (Fsp3) is 0.977. The molecule has 57 heavy (non-hydrogen) atoms. The minimum absolute atomic E-state index is 0.0658. The number of carbonyl (C=O) groups excluding carboxylic acids is 1. The second-order valence-electron chi connectivity index (χ2n) is 16.2. The van der Waals surface area contributed by atoms with Gasteiger partial charge in [-0.1, -0.05) is 149 Å². The average Bonchev–Trinajstić information content (AvgIpc) is 3.20. The second-order valence-corrected chi connectivity index (χ2v) is 16.2. The Morgan fingerprint density at radius 2 is 0.930 bits per heavy atom. The van der Waals surface area contributed by atoms with Crippen LogP contribution in [0.15, 0.2) is 0 Å². The molecule has 0 radical (unpaired) electrons. The van der Waals surface area contributed by atoms with Crippen molar-refractivity contribution in [3.8, 4) is 0 Å². The number of hydrogen-bond donors (Lipinski definition) is 7. The van der Waals surface area contributed by atoms with Crippen molar-refractivity contribution < 1.29 is 69.0 Å². The lowest BCUT2D eigenvalue weighted by molar-refractivity contribution is -0.332. The third kappa shape index (κ3) is 21.9. The molecule has 7 N–H and O–H groups in total. The summed E-state index contributed by atoms with van der Waals surface area (Å²) >= 11 is 0. The number of ether oxygens (including phenoxy) is 6. The summed E-state index contributed by atoms with van der Waals surface area (Å²) in [6.45, 7) is 3.52. The Hall–Kier alpha value is -1.01. The molecule has 0 aliphatic carbocycles. The van der Waals surface area contributed by atoms with Gasteiger partial charge in [0, 0.05) is 13.0 Å². The molecule has 0 saturated carbocycles. The van der Waals surface area contributed by atoms with Crippen LogP contribution in [0, 0.1) is 0 Å². The Bertz CT molecular complexity index is 959. The topological polar surface area (TPSA) is 214 Å². The molecular weight excluding hydrogens is 740 g/mol. The van der Waals surface area contributed by atoms with E-state index in [0.29, 0.717) is 13.0 Å². The van der Waals surface area contributed by atoms with Crippen LogP contribution in [0.2, 0.25) is 0 Å². The highest BCUT2D eigenvalue weighted by molar-refractivity contribution is 5.69. The molecule has 0 aromatic heterocycles. The van der Waals surface area contributed by atoms with E-state index in [1.807, 2.05) is 6.92 Å². The molecule has 14 nitrogen and oxygen atoms in total. The maximum Gasteiger partial charge on any atom is 0.306 e. The van der Waals surface area contributed by atoms with Crippen molar-refractivity contribution in [3.63, 3.8) is 0 Å². The fourth-order valence-corrected chi connectivity index (χ4v) is 7.34. The minimum Gasteiger partial charge on any atom is -0.457 e. The van der Waals surface area contributed by atoms with Gasteiger partial charge in [0.15, 0.2) is 12.6 Å². The Kier molecular flexibility index (Phi) is 29.9. The zero-order valence-electron chi connectivity index (χ0n) is 35.3. The van der Waals surface area contributed by atoms with Gasteiger partial charge < -0.3 is 64.2 Å². The number of carbonyl (C=O) groups is 1. The predicted molar refractivity (Wildman–Crippen MR) is 215 cm³/mol. The molecule has 2 aliphatic heterocycles. The highest BCUT2D eigenvalue weighted by Gasteiger charge is 2.47. The van der Waals surface area contributed by atoms with E-state index in [1.54, 1.807) is 0 Å². The molecule has 2 rings (SSSR count). The summed E-state index contributed by atoms with van der Waals surface area (Å²) in [5.41, 5.74) is 0. The van der Waals surface area contributed by atoms with E-state index in [1.165, 1.54) is 109 Å². The highest BCUT2D eigenvalue weighted by Crippen LogP contribution is 2.26. The first-order chi connectivity index (χ1) is 27.6. The van der Waals surface area contributed by atoms with Crippen LogP contribution < -0.4 is 0 Å². The van der Waals surface area contributed by atoms with Crippen LogP contribution in [0.4, 0.5) is 0 Å². The van der Waals surface area contributed by atoms with Gasteiger partial charge in [-0.3, -0.25) is 4.79 Å². The summed E-state index contributed by atoms with van der Waals surface area (Å²) in [7, 11) is 0. The molecule has 0 aromatic carbocycles. The predicted octanol–water partition coefficient (Wildman–Crippen LogP) is 4.96. The maximum absolute atomic E-state index is 12.6. The molecule has 338 valence electrons. The van der Waals surface area contributed by atoms with Crippen LogP contribution in [0.3, 0.4) is 0 Å². The third-order valence-corrected chi connectivity index (χ3v) is 11.1. The zero-order chi connectivity index (χ0) is 41.7. The highest BCUT2D eigenvalue weighted by atomic mass is 16.7. The third-order valence-electron chi connectivity index (χ3n) is 11.1. The molecule has 14 heteroatoms. The number of rotatable bonds is 35. The van der Waals surface area contributed by atoms with Crippen molar-refractivity contribution >= 4 is 5.97 Å². The molecular formula is C43H82O14. The maximum atomic E-state index is 12.6. The number of aliphatic hydroxyl groups is 7. The van der Waals surface area contributed by atoms with Gasteiger partial charge in [0.1, 0.15) is 54.9 Å². The minimum atomic E-state index is -1.70. The molecule has 2 fully saturated rings. The smallest absolute Gasteiger partial charge is 0.306 e. The van der Waals surface area contributed by atoms with Gasteiger partial charge in [-0.2, -0.15) is 0 Å². The van der Waals surface area contributed by atoms with Crippen molar-refractivity contribution in [2.45, 2.75) is 235 Å². The average molecular weight is 823 g/mol. The SMILES string of the molecule is CCCCCCCCCCCCCCCCCCCCCCOCC(COC1OC(COC2OC(CO)C(O)C(O)C2O)C(O)C(O)C1O)OC(=O)CCCCC. The first-order valence-electron chi connectivity index (χ1n) is 22.6. The summed E-state index contributed by atoms with van der Waals surface area (Å²) in [5, 5.41) is 71.5. The molecule has 0 bridgehead atoms. The van der Waals surface area contributed by atoms with Gasteiger partial charge in [-0.15, -0.1) is 0 Å². The van der Waals surface area contributed by atoms with Crippen molar-refractivity contribution in [2.24, 2.45) is 0 Å². The lowest BCUT2D eigenvalue weighted by Crippen LogP contribution is -2.61. The van der Waals surface area contributed by atoms with Crippen molar-refractivity contribution in [3.05, 3.63) is 0 Å². The molecule has 0 spiro atoms. The molecule has 2 heterocycles. The van der Waals surface area contributed by atoms with E-state index >= 15 is 0 Å². The summed E-state index contributed by atoms with van der Waals surface area (Å²) in [5.74, 6) is -0.397. The number of esters is 1. The standard InChI is InChI=1S/C43H82O14/c1-3-5-7-8-9-10-11-12-13-14-15-16-17-18-19-20-21-22-23-25-27-52-29-32(55-35(45)26-24-6-4-2)30-53-42-41(51)39(49)37(47)34(57-42)31-54-43-40(50)38(48)36(46)33(28-44)56-43/h32-34,36-44,46-51H,3-31H2,1-2H3. The lowest BCUT2D eigenvalue weighted by Gasteiger charge is -2.42. The molecule has 2 saturated heterocycles.